The Bertz CT molecular complexity index is 1070. The van der Waals surface area contributed by atoms with Gasteiger partial charge in [-0.2, -0.15) is 13.2 Å². The zero-order valence-corrected chi connectivity index (χ0v) is 18.7. The van der Waals surface area contributed by atoms with Gasteiger partial charge in [0, 0.05) is 12.5 Å². The number of carbonyl (C=O) groups excluding carboxylic acids is 2. The Morgan fingerprint density at radius 1 is 1.00 bits per heavy atom. The third-order valence-corrected chi connectivity index (χ3v) is 6.71. The van der Waals surface area contributed by atoms with Crippen LogP contribution in [0.1, 0.15) is 36.3 Å². The molecule has 2 aliphatic rings. The summed E-state index contributed by atoms with van der Waals surface area (Å²) in [5.41, 5.74) is 3.74. The minimum absolute atomic E-state index is 0.200. The van der Waals surface area contributed by atoms with Crippen molar-refractivity contribution in [2.24, 2.45) is 11.8 Å². The largest absolute Gasteiger partial charge is 0.481 e. The number of hydrogen-bond acceptors (Lipinski definition) is 4. The molecule has 0 saturated heterocycles. The van der Waals surface area contributed by atoms with Crippen LogP contribution in [0.2, 0.25) is 0 Å². The third-order valence-electron chi connectivity index (χ3n) is 6.71. The molecule has 10 heteroatoms. The van der Waals surface area contributed by atoms with Crippen LogP contribution in [0.3, 0.4) is 0 Å². The second kappa shape index (κ2) is 9.97. The highest BCUT2D eigenvalue weighted by molar-refractivity contribution is 5.86. The van der Waals surface area contributed by atoms with Crippen molar-refractivity contribution >= 4 is 18.0 Å². The highest BCUT2D eigenvalue weighted by Gasteiger charge is 2.47. The number of nitrogens with one attached hydrogen (secondary N) is 2. The fourth-order valence-corrected chi connectivity index (χ4v) is 4.99. The number of fused-ring (bicyclic) bond motifs is 3. The summed E-state index contributed by atoms with van der Waals surface area (Å²) in [5, 5.41) is 13.0. The lowest BCUT2D eigenvalue weighted by molar-refractivity contribution is -0.168. The summed E-state index contributed by atoms with van der Waals surface area (Å²) >= 11 is 0. The number of benzene rings is 2. The van der Waals surface area contributed by atoms with Crippen LogP contribution >= 0.6 is 0 Å². The smallest absolute Gasteiger partial charge is 0.417 e. The molecule has 4 rings (SSSR count). The summed E-state index contributed by atoms with van der Waals surface area (Å²) in [6.45, 7) is -0.414. The van der Waals surface area contributed by atoms with Gasteiger partial charge in [-0.1, -0.05) is 55.0 Å². The van der Waals surface area contributed by atoms with Crippen LogP contribution in [0.15, 0.2) is 48.5 Å². The van der Waals surface area contributed by atoms with E-state index in [4.69, 9.17) is 4.74 Å². The van der Waals surface area contributed by atoms with E-state index in [0.29, 0.717) is 19.3 Å². The van der Waals surface area contributed by atoms with Gasteiger partial charge in [0.1, 0.15) is 6.61 Å². The highest BCUT2D eigenvalue weighted by atomic mass is 19.4. The number of carbonyl (C=O) groups is 3. The summed E-state index contributed by atoms with van der Waals surface area (Å²) in [5.74, 6) is -4.01. The SMILES string of the molecule is O=C(NC(C(=O)NCC1CCCC1C(=O)O)C(F)(F)F)OCC1c2ccccc2-c2ccccc21. The van der Waals surface area contributed by atoms with Crippen molar-refractivity contribution in [3.05, 3.63) is 59.7 Å². The predicted octanol–water partition coefficient (Wildman–Crippen LogP) is 4.07. The molecule has 0 heterocycles. The van der Waals surface area contributed by atoms with Gasteiger partial charge in [-0.15, -0.1) is 0 Å². The molecule has 0 aromatic heterocycles. The van der Waals surface area contributed by atoms with Gasteiger partial charge >= 0.3 is 18.2 Å². The van der Waals surface area contributed by atoms with Crippen LogP contribution in [-0.4, -0.2) is 48.4 Å². The van der Waals surface area contributed by atoms with Gasteiger partial charge in [-0.25, -0.2) is 4.79 Å². The van der Waals surface area contributed by atoms with Gasteiger partial charge in [-0.3, -0.25) is 9.59 Å². The van der Waals surface area contributed by atoms with Crippen molar-refractivity contribution in [3.63, 3.8) is 0 Å². The molecule has 1 saturated carbocycles. The van der Waals surface area contributed by atoms with Gasteiger partial charge in [0.2, 0.25) is 6.04 Å². The molecular formula is C25H25F3N2O5. The lowest BCUT2D eigenvalue weighted by Crippen LogP contribution is -2.55. The van der Waals surface area contributed by atoms with E-state index in [1.807, 2.05) is 48.5 Å². The average Bonchev–Trinajstić information content (AvgIpc) is 3.42. The number of hydrogen-bond donors (Lipinski definition) is 3. The monoisotopic (exact) mass is 490 g/mol. The van der Waals surface area contributed by atoms with Crippen molar-refractivity contribution in [1.29, 1.82) is 0 Å². The second-order valence-electron chi connectivity index (χ2n) is 8.83. The van der Waals surface area contributed by atoms with Gasteiger partial charge in [0.15, 0.2) is 0 Å². The molecule has 0 aliphatic heterocycles. The van der Waals surface area contributed by atoms with E-state index < -0.39 is 42.0 Å². The molecule has 2 amide bonds. The maximum atomic E-state index is 13.5. The van der Waals surface area contributed by atoms with E-state index in [1.165, 1.54) is 0 Å². The van der Waals surface area contributed by atoms with E-state index in [2.05, 4.69) is 5.32 Å². The Morgan fingerprint density at radius 2 is 1.60 bits per heavy atom. The normalized spacial score (nSPS) is 20.0. The Hall–Kier alpha value is -3.56. The lowest BCUT2D eigenvalue weighted by Gasteiger charge is -2.23. The molecule has 3 N–H and O–H groups in total. The van der Waals surface area contributed by atoms with E-state index in [0.717, 1.165) is 22.3 Å². The fourth-order valence-electron chi connectivity index (χ4n) is 4.99. The Kier molecular flexibility index (Phi) is 7.00. The molecule has 2 aromatic carbocycles. The molecule has 35 heavy (non-hydrogen) atoms. The number of carboxylic acids is 1. The number of rotatable bonds is 7. The molecule has 2 aromatic rings. The molecule has 186 valence electrons. The third kappa shape index (κ3) is 5.26. The minimum atomic E-state index is -5.06. The number of carboxylic acid groups (broad SMARTS) is 1. The van der Waals surface area contributed by atoms with Gasteiger partial charge in [-0.05, 0) is 41.0 Å². The Balaban J connectivity index is 1.38. The number of halogens is 3. The van der Waals surface area contributed by atoms with E-state index in [9.17, 15) is 32.7 Å². The first-order valence-corrected chi connectivity index (χ1v) is 11.4. The Labute approximate surface area is 199 Å². The van der Waals surface area contributed by atoms with Crippen LogP contribution in [-0.2, 0) is 14.3 Å². The van der Waals surface area contributed by atoms with Crippen molar-refractivity contribution in [1.82, 2.24) is 10.6 Å². The molecule has 0 bridgehead atoms. The summed E-state index contributed by atoms with van der Waals surface area (Å²) in [7, 11) is 0. The van der Waals surface area contributed by atoms with E-state index in [1.54, 1.807) is 5.32 Å². The first kappa shape index (κ1) is 24.6. The summed E-state index contributed by atoms with van der Waals surface area (Å²) in [4.78, 5) is 35.9. The van der Waals surface area contributed by atoms with Crippen LogP contribution < -0.4 is 10.6 Å². The van der Waals surface area contributed by atoms with Gasteiger partial charge in [0.05, 0.1) is 5.92 Å². The van der Waals surface area contributed by atoms with Crippen molar-refractivity contribution in [2.45, 2.75) is 37.4 Å². The van der Waals surface area contributed by atoms with Gasteiger partial charge < -0.3 is 20.5 Å². The fraction of sp³-hybridized carbons (Fsp3) is 0.400. The van der Waals surface area contributed by atoms with Crippen LogP contribution in [0.25, 0.3) is 11.1 Å². The molecule has 0 radical (unpaired) electrons. The quantitative estimate of drug-likeness (QED) is 0.543. The topological polar surface area (TPSA) is 105 Å². The highest BCUT2D eigenvalue weighted by Crippen LogP contribution is 2.44. The van der Waals surface area contributed by atoms with Crippen molar-refractivity contribution in [2.75, 3.05) is 13.2 Å². The molecular weight excluding hydrogens is 465 g/mol. The van der Waals surface area contributed by atoms with E-state index in [-0.39, 0.29) is 19.1 Å². The first-order valence-electron chi connectivity index (χ1n) is 11.4. The standard InChI is InChI=1S/C25H25F3N2O5/c26-25(27,28)21(22(31)29-12-14-6-5-11-15(14)23(32)33)30-24(34)35-13-20-18-9-3-1-7-16(18)17-8-2-4-10-19(17)20/h1-4,7-10,14-15,20-21H,5-6,11-13H2,(H,29,31)(H,30,34)(H,32,33). The zero-order chi connectivity index (χ0) is 25.2. The second-order valence-corrected chi connectivity index (χ2v) is 8.83. The molecule has 0 spiro atoms. The number of ether oxygens (including phenoxy) is 1. The summed E-state index contributed by atoms with van der Waals surface area (Å²) in [6.07, 6.45) is -4.89. The maximum Gasteiger partial charge on any atom is 0.417 e. The molecule has 7 nitrogen and oxygen atoms in total. The summed E-state index contributed by atoms with van der Waals surface area (Å²) in [6, 6.07) is 12.2. The van der Waals surface area contributed by atoms with Gasteiger partial charge in [0.25, 0.3) is 5.91 Å². The predicted molar refractivity (Wildman–Crippen MR) is 120 cm³/mol. The van der Waals surface area contributed by atoms with Crippen LogP contribution in [0.5, 0.6) is 0 Å². The molecule has 2 aliphatic carbocycles. The first-order chi connectivity index (χ1) is 16.7. The van der Waals surface area contributed by atoms with Crippen molar-refractivity contribution in [3.8, 4) is 11.1 Å². The summed E-state index contributed by atoms with van der Waals surface area (Å²) < 4.78 is 45.8. The number of aliphatic carboxylic acids is 1. The molecule has 3 atom stereocenters. The van der Waals surface area contributed by atoms with Crippen molar-refractivity contribution < 1.29 is 37.4 Å². The van der Waals surface area contributed by atoms with Crippen LogP contribution in [0.4, 0.5) is 18.0 Å². The number of alkyl carbamates (subject to hydrolysis) is 1. The maximum absolute atomic E-state index is 13.5. The minimum Gasteiger partial charge on any atom is -0.481 e. The zero-order valence-electron chi connectivity index (χ0n) is 18.7. The Morgan fingerprint density at radius 3 is 2.17 bits per heavy atom. The number of alkyl halides is 3. The molecule has 1 fully saturated rings. The lowest BCUT2D eigenvalue weighted by atomic mass is 9.96. The van der Waals surface area contributed by atoms with E-state index >= 15 is 0 Å². The average molecular weight is 490 g/mol. The number of amides is 2. The van der Waals surface area contributed by atoms with Crippen LogP contribution in [0, 0.1) is 11.8 Å². The molecule has 3 unspecified atom stereocenters.